The van der Waals surface area contributed by atoms with Crippen LogP contribution in [0, 0.1) is 12.8 Å². The number of aromatic nitrogens is 1. The second kappa shape index (κ2) is 11.3. The maximum absolute atomic E-state index is 14.0. The number of nitrogens with zero attached hydrogens (tertiary/aromatic N) is 2. The quantitative estimate of drug-likeness (QED) is 0.273. The van der Waals surface area contributed by atoms with Crippen molar-refractivity contribution < 1.29 is 32.3 Å². The maximum atomic E-state index is 14.0. The number of thiazole rings is 1. The third-order valence-electron chi connectivity index (χ3n) is 7.58. The minimum Gasteiger partial charge on any atom is -0.497 e. The molecule has 226 valence electrons. The third-order valence-corrected chi connectivity index (χ3v) is 10.2. The Morgan fingerprint density at radius 1 is 0.977 bits per heavy atom. The lowest BCUT2D eigenvalue weighted by Crippen LogP contribution is -2.33. The fourth-order valence-corrected chi connectivity index (χ4v) is 8.41. The Kier molecular flexibility index (Phi) is 7.62. The molecular weight excluding hydrogens is 615 g/mol. The number of methoxy groups -OCH3 is 1. The topological polar surface area (TPSA) is 97.7 Å². The highest BCUT2D eigenvalue weighted by Crippen LogP contribution is 2.54. The number of halogens is 3. The van der Waals surface area contributed by atoms with Crippen molar-refractivity contribution >= 4 is 52.2 Å². The van der Waals surface area contributed by atoms with Gasteiger partial charge >= 0.3 is 11.0 Å². The molecule has 0 saturated carbocycles. The van der Waals surface area contributed by atoms with Gasteiger partial charge < -0.3 is 10.1 Å². The summed E-state index contributed by atoms with van der Waals surface area (Å²) in [6, 6.07) is 18.3. The molecule has 1 saturated heterocycles. The zero-order valence-corrected chi connectivity index (χ0v) is 24.9. The molecule has 4 aromatic rings. The van der Waals surface area contributed by atoms with E-state index in [0.717, 1.165) is 40.8 Å². The van der Waals surface area contributed by atoms with Crippen molar-refractivity contribution in [2.24, 2.45) is 5.92 Å². The lowest BCUT2D eigenvalue weighted by Gasteiger charge is -2.30. The summed E-state index contributed by atoms with van der Waals surface area (Å²) in [7, 11) is 1.49. The summed E-state index contributed by atoms with van der Waals surface area (Å²) in [5, 5.41) is 1.96. The van der Waals surface area contributed by atoms with Gasteiger partial charge in [0.25, 0.3) is 0 Å². The first-order valence-corrected chi connectivity index (χ1v) is 15.1. The van der Waals surface area contributed by atoms with E-state index in [-0.39, 0.29) is 6.54 Å². The number of hydrogen-bond donors (Lipinski definition) is 1. The zero-order valence-electron chi connectivity index (χ0n) is 23.3. The molecule has 13 heteroatoms. The fourth-order valence-electron chi connectivity index (χ4n) is 5.64. The summed E-state index contributed by atoms with van der Waals surface area (Å²) < 4.78 is 48.4. The number of ether oxygens (including phenoxy) is 1. The van der Waals surface area contributed by atoms with Crippen LogP contribution >= 0.6 is 23.1 Å². The van der Waals surface area contributed by atoms with Gasteiger partial charge in [-0.1, -0.05) is 59.5 Å². The number of thioether (sulfide) groups is 1. The Morgan fingerprint density at radius 2 is 1.70 bits per heavy atom. The van der Waals surface area contributed by atoms with Gasteiger partial charge in [-0.2, -0.15) is 13.2 Å². The van der Waals surface area contributed by atoms with Crippen LogP contribution in [-0.2, 0) is 27.1 Å². The Bertz CT molecular complexity index is 1850. The molecule has 3 amide bonds. The first-order valence-electron chi connectivity index (χ1n) is 13.4. The van der Waals surface area contributed by atoms with E-state index in [1.807, 2.05) is 13.0 Å². The second-order valence-electron chi connectivity index (χ2n) is 10.4. The van der Waals surface area contributed by atoms with Gasteiger partial charge in [-0.05, 0) is 54.4 Å². The van der Waals surface area contributed by atoms with Crippen LogP contribution < -0.4 is 19.8 Å². The summed E-state index contributed by atoms with van der Waals surface area (Å²) in [5.41, 5.74) is 0.402. The third kappa shape index (κ3) is 5.19. The number of aryl methyl sites for hydroxylation is 1. The number of carbonyl (C=O) groups is 3. The molecule has 3 unspecified atom stereocenters. The predicted molar refractivity (Wildman–Crippen MR) is 160 cm³/mol. The monoisotopic (exact) mass is 639 g/mol. The van der Waals surface area contributed by atoms with E-state index in [9.17, 15) is 32.3 Å². The number of alkyl halides is 3. The highest BCUT2D eigenvalue weighted by Gasteiger charge is 2.57. The lowest BCUT2D eigenvalue weighted by atomic mass is 9.83. The minimum absolute atomic E-state index is 0.327. The van der Waals surface area contributed by atoms with Crippen LogP contribution in [0.3, 0.4) is 0 Å². The molecule has 8 nitrogen and oxygen atoms in total. The Balaban J connectivity index is 1.43. The van der Waals surface area contributed by atoms with Gasteiger partial charge in [0.05, 0.1) is 29.3 Å². The average molecular weight is 640 g/mol. The van der Waals surface area contributed by atoms with E-state index in [1.165, 1.54) is 23.8 Å². The van der Waals surface area contributed by atoms with Crippen molar-refractivity contribution in [1.82, 2.24) is 4.57 Å². The summed E-state index contributed by atoms with van der Waals surface area (Å²) in [5.74, 6) is -3.48. The average Bonchev–Trinajstić information content (AvgIpc) is 3.42. The van der Waals surface area contributed by atoms with Gasteiger partial charge in [-0.3, -0.25) is 23.7 Å². The van der Waals surface area contributed by atoms with Crippen LogP contribution in [-0.4, -0.2) is 34.6 Å². The Morgan fingerprint density at radius 3 is 2.39 bits per heavy atom. The summed E-state index contributed by atoms with van der Waals surface area (Å²) in [6.07, 6.45) is -4.81. The number of anilines is 2. The number of amides is 3. The molecule has 3 aromatic carbocycles. The predicted octanol–water partition coefficient (Wildman–Crippen LogP) is 5.68. The normalized spacial score (nSPS) is 19.5. The molecule has 2 aliphatic rings. The molecule has 1 aromatic heterocycles. The van der Waals surface area contributed by atoms with E-state index in [1.54, 1.807) is 42.5 Å². The molecule has 3 atom stereocenters. The van der Waals surface area contributed by atoms with E-state index in [2.05, 4.69) is 5.32 Å². The van der Waals surface area contributed by atoms with Crippen molar-refractivity contribution in [2.45, 2.75) is 35.8 Å². The fraction of sp³-hybridized carbons (Fsp3) is 0.226. The van der Waals surface area contributed by atoms with Crippen LogP contribution in [0.2, 0.25) is 0 Å². The number of rotatable bonds is 6. The molecule has 44 heavy (non-hydrogen) atoms. The van der Waals surface area contributed by atoms with Crippen molar-refractivity contribution in [3.05, 3.63) is 104 Å². The molecule has 0 spiro atoms. The van der Waals surface area contributed by atoms with Crippen molar-refractivity contribution in [2.75, 3.05) is 17.3 Å². The summed E-state index contributed by atoms with van der Waals surface area (Å²) >= 11 is 1.78. The lowest BCUT2D eigenvalue weighted by molar-refractivity contribution is -0.137. The molecule has 1 fully saturated rings. The largest absolute Gasteiger partial charge is 0.497 e. The van der Waals surface area contributed by atoms with Crippen LogP contribution in [0.1, 0.15) is 27.5 Å². The van der Waals surface area contributed by atoms with E-state index < -0.39 is 57.1 Å². The number of benzene rings is 3. The highest BCUT2D eigenvalue weighted by atomic mass is 32.2. The van der Waals surface area contributed by atoms with Gasteiger partial charge in [0.2, 0.25) is 17.7 Å². The van der Waals surface area contributed by atoms with E-state index in [0.29, 0.717) is 31.8 Å². The van der Waals surface area contributed by atoms with E-state index >= 15 is 0 Å². The summed E-state index contributed by atoms with van der Waals surface area (Å²) in [6.45, 7) is 1.51. The van der Waals surface area contributed by atoms with E-state index in [4.69, 9.17) is 4.74 Å². The molecule has 6 rings (SSSR count). The van der Waals surface area contributed by atoms with Crippen molar-refractivity contribution in [1.29, 1.82) is 0 Å². The number of nitrogens with one attached hydrogen (secondary N) is 1. The Labute approximate surface area is 257 Å². The molecule has 1 N–H and O–H groups in total. The zero-order chi connectivity index (χ0) is 31.3. The van der Waals surface area contributed by atoms with Crippen molar-refractivity contribution in [3.8, 4) is 5.75 Å². The van der Waals surface area contributed by atoms with Gasteiger partial charge in [0.1, 0.15) is 17.5 Å². The molecule has 3 heterocycles. The van der Waals surface area contributed by atoms with Crippen LogP contribution in [0.5, 0.6) is 5.75 Å². The number of fused-ring (bicyclic) bond motifs is 2. The molecule has 0 radical (unpaired) electrons. The van der Waals surface area contributed by atoms with Crippen LogP contribution in [0.25, 0.3) is 0 Å². The Hall–Kier alpha value is -4.36. The number of hydrogen-bond acceptors (Lipinski definition) is 7. The smallest absolute Gasteiger partial charge is 0.418 e. The highest BCUT2D eigenvalue weighted by molar-refractivity contribution is 8.00. The minimum atomic E-state index is -4.81. The SMILES string of the molecule is COc1ccc(C2c3sc(=O)n(CC(=O)Nc4cccc(C)c4)c3SC3C(=O)N(c4ccccc4C(F)(F)F)C(=O)C32)cc1. The second-order valence-corrected chi connectivity index (χ2v) is 12.5. The van der Waals surface area contributed by atoms with Gasteiger partial charge in [0.15, 0.2) is 0 Å². The molecule has 0 aliphatic carbocycles. The summed E-state index contributed by atoms with van der Waals surface area (Å²) in [4.78, 5) is 54.8. The van der Waals surface area contributed by atoms with Crippen LogP contribution in [0.15, 0.2) is 82.6 Å². The number of imide groups is 1. The number of para-hydroxylation sites is 1. The number of carbonyl (C=O) groups excluding carboxylic acids is 3. The van der Waals surface area contributed by atoms with Gasteiger partial charge in [-0.25, -0.2) is 4.90 Å². The molecule has 2 aliphatic heterocycles. The van der Waals surface area contributed by atoms with Crippen LogP contribution in [0.4, 0.5) is 24.5 Å². The molecular formula is C31H24F3N3O5S2. The first-order chi connectivity index (χ1) is 21.0. The first kappa shape index (κ1) is 29.7. The van der Waals surface area contributed by atoms with Gasteiger partial charge in [0, 0.05) is 16.5 Å². The van der Waals surface area contributed by atoms with Gasteiger partial charge in [-0.15, -0.1) is 0 Å². The standard InChI is InChI=1S/C31H24F3N3O5S2/c1-16-6-5-7-18(14-16)35-22(38)15-36-29-26(44-30(36)41)23(17-10-12-19(42-2)13-11-17)24-25(43-29)28(40)37(27(24)39)21-9-4-3-8-20(21)31(32,33)34/h3-14,23-25H,15H2,1-2H3,(H,35,38). The maximum Gasteiger partial charge on any atom is 0.418 e. The molecule has 0 bridgehead atoms. The van der Waals surface area contributed by atoms with Crippen molar-refractivity contribution in [3.63, 3.8) is 0 Å².